The Hall–Kier alpha value is -2.35. The van der Waals surface area contributed by atoms with Crippen LogP contribution in [0.2, 0.25) is 0 Å². The number of fused-ring (bicyclic) bond motifs is 1. The summed E-state index contributed by atoms with van der Waals surface area (Å²) in [5, 5.41) is 4.84. The number of aryl methyl sites for hydroxylation is 4. The second-order valence-electron chi connectivity index (χ2n) is 8.40. The van der Waals surface area contributed by atoms with Gasteiger partial charge in [0.2, 0.25) is 0 Å². The van der Waals surface area contributed by atoms with Crippen LogP contribution in [0.4, 0.5) is 0 Å². The number of rotatable bonds is 3. The van der Waals surface area contributed by atoms with E-state index in [0.717, 1.165) is 6.42 Å². The third-order valence-electron chi connectivity index (χ3n) is 5.94. The minimum Gasteiger partial charge on any atom is -0.233 e. The first-order valence-corrected chi connectivity index (χ1v) is 11.2. The Bertz CT molecular complexity index is 969. The van der Waals surface area contributed by atoms with Crippen LogP contribution in [0, 0.1) is 20.8 Å². The highest BCUT2D eigenvalue weighted by Gasteiger charge is 2.22. The van der Waals surface area contributed by atoms with Crippen LogP contribution in [-0.2, 0) is 12.8 Å². The van der Waals surface area contributed by atoms with E-state index < -0.39 is 0 Å². The van der Waals surface area contributed by atoms with Gasteiger partial charge in [-0.25, -0.2) is 4.68 Å². The van der Waals surface area contributed by atoms with Crippen molar-refractivity contribution in [3.05, 3.63) is 69.9 Å². The summed E-state index contributed by atoms with van der Waals surface area (Å²) in [6.45, 7) is 15.2. The highest BCUT2D eigenvalue weighted by molar-refractivity contribution is 5.71. The van der Waals surface area contributed by atoms with Crippen molar-refractivity contribution < 1.29 is 0 Å². The fraction of sp³-hybridized carbons (Fsp3) is 0.444. The molecule has 154 valence electrons. The molecule has 0 amide bonds. The van der Waals surface area contributed by atoms with Gasteiger partial charge in [0.15, 0.2) is 0 Å². The van der Waals surface area contributed by atoms with E-state index in [0.29, 0.717) is 5.92 Å². The first-order valence-electron chi connectivity index (χ1n) is 11.2. The molecule has 1 aliphatic rings. The van der Waals surface area contributed by atoms with Crippen molar-refractivity contribution in [3.8, 4) is 16.9 Å². The molecule has 0 bridgehead atoms. The van der Waals surface area contributed by atoms with Gasteiger partial charge in [-0.1, -0.05) is 57.5 Å². The van der Waals surface area contributed by atoms with Gasteiger partial charge in [-0.15, -0.1) is 0 Å². The van der Waals surface area contributed by atoms with Crippen LogP contribution >= 0.6 is 0 Å². The second kappa shape index (κ2) is 8.98. The lowest BCUT2D eigenvalue weighted by Gasteiger charge is -2.25. The molecule has 0 saturated heterocycles. The summed E-state index contributed by atoms with van der Waals surface area (Å²) in [6, 6.07) is 11.4. The van der Waals surface area contributed by atoms with Gasteiger partial charge in [0, 0.05) is 5.56 Å². The van der Waals surface area contributed by atoms with Crippen molar-refractivity contribution in [3.63, 3.8) is 0 Å². The fourth-order valence-corrected chi connectivity index (χ4v) is 4.80. The van der Waals surface area contributed by atoms with Gasteiger partial charge in [-0.3, -0.25) is 0 Å². The summed E-state index contributed by atoms with van der Waals surface area (Å²) < 4.78 is 2.23. The lowest BCUT2D eigenvalue weighted by Crippen LogP contribution is -2.14. The molecule has 1 aliphatic carbocycles. The molecule has 1 aromatic heterocycles. The van der Waals surface area contributed by atoms with Gasteiger partial charge in [0.05, 0.1) is 17.6 Å². The average Bonchev–Trinajstić information content (AvgIpc) is 3.16. The molecule has 0 fully saturated rings. The maximum atomic E-state index is 4.84. The average molecular weight is 389 g/mol. The van der Waals surface area contributed by atoms with Gasteiger partial charge in [0.25, 0.3) is 0 Å². The highest BCUT2D eigenvalue weighted by Crippen LogP contribution is 2.37. The predicted octanol–water partition coefficient (Wildman–Crippen LogP) is 7.49. The number of hydrogen-bond acceptors (Lipinski definition) is 1. The number of benzene rings is 2. The summed E-state index contributed by atoms with van der Waals surface area (Å²) >= 11 is 0. The summed E-state index contributed by atoms with van der Waals surface area (Å²) in [7, 11) is 0. The molecule has 0 aliphatic heterocycles. The van der Waals surface area contributed by atoms with E-state index in [-0.39, 0.29) is 0 Å². The maximum Gasteiger partial charge on any atom is 0.0746 e. The van der Waals surface area contributed by atoms with Crippen LogP contribution in [0.5, 0.6) is 0 Å². The van der Waals surface area contributed by atoms with Crippen LogP contribution < -0.4 is 0 Å². The molecule has 0 spiro atoms. The van der Waals surface area contributed by atoms with Crippen molar-refractivity contribution in [1.82, 2.24) is 9.78 Å². The topological polar surface area (TPSA) is 17.8 Å². The molecular formula is C27H36N2. The number of aromatic nitrogens is 2. The van der Waals surface area contributed by atoms with Gasteiger partial charge >= 0.3 is 0 Å². The SMILES string of the molecule is CC.Cc1cc(C)c(-c2ccnn2-c2c(C(C)C)ccc3c2CCCC3)c(C)c1. The zero-order valence-electron chi connectivity index (χ0n) is 19.3. The lowest BCUT2D eigenvalue weighted by molar-refractivity contribution is 0.671. The number of hydrogen-bond donors (Lipinski definition) is 0. The molecular weight excluding hydrogens is 352 g/mol. The van der Waals surface area contributed by atoms with Crippen molar-refractivity contribution in [2.45, 2.75) is 80.1 Å². The zero-order valence-corrected chi connectivity index (χ0v) is 19.3. The second-order valence-corrected chi connectivity index (χ2v) is 8.40. The molecule has 2 nitrogen and oxygen atoms in total. The monoisotopic (exact) mass is 388 g/mol. The van der Waals surface area contributed by atoms with E-state index in [1.165, 1.54) is 69.6 Å². The van der Waals surface area contributed by atoms with Crippen LogP contribution in [-0.4, -0.2) is 9.78 Å². The summed E-state index contributed by atoms with van der Waals surface area (Å²) in [4.78, 5) is 0. The van der Waals surface area contributed by atoms with Crippen LogP contribution in [0.25, 0.3) is 16.9 Å². The van der Waals surface area contributed by atoms with Crippen molar-refractivity contribution >= 4 is 0 Å². The third kappa shape index (κ3) is 4.03. The molecule has 2 aromatic carbocycles. The van der Waals surface area contributed by atoms with Gasteiger partial charge in [-0.2, -0.15) is 5.10 Å². The Balaban J connectivity index is 0.00000117. The summed E-state index contributed by atoms with van der Waals surface area (Å²) in [6.07, 6.45) is 6.90. The van der Waals surface area contributed by atoms with E-state index in [9.17, 15) is 0 Å². The van der Waals surface area contributed by atoms with E-state index in [1.807, 2.05) is 20.0 Å². The summed E-state index contributed by atoms with van der Waals surface area (Å²) in [5.74, 6) is 0.476. The highest BCUT2D eigenvalue weighted by atomic mass is 15.3. The van der Waals surface area contributed by atoms with E-state index in [4.69, 9.17) is 5.10 Å². The minimum atomic E-state index is 0.476. The Kier molecular flexibility index (Phi) is 6.62. The first-order chi connectivity index (χ1) is 14.0. The van der Waals surface area contributed by atoms with E-state index >= 15 is 0 Å². The third-order valence-corrected chi connectivity index (χ3v) is 5.94. The molecule has 0 radical (unpaired) electrons. The molecule has 0 saturated carbocycles. The Morgan fingerprint density at radius 1 is 0.897 bits per heavy atom. The van der Waals surface area contributed by atoms with Crippen molar-refractivity contribution in [2.24, 2.45) is 0 Å². The predicted molar refractivity (Wildman–Crippen MR) is 125 cm³/mol. The number of nitrogens with zero attached hydrogens (tertiary/aromatic N) is 2. The molecule has 3 aromatic rings. The van der Waals surface area contributed by atoms with Gasteiger partial charge in [-0.05, 0) is 86.3 Å². The zero-order chi connectivity index (χ0) is 21.1. The minimum absolute atomic E-state index is 0.476. The molecule has 4 rings (SSSR count). The lowest BCUT2D eigenvalue weighted by atomic mass is 9.86. The Morgan fingerprint density at radius 2 is 1.55 bits per heavy atom. The Morgan fingerprint density at radius 3 is 2.21 bits per heavy atom. The van der Waals surface area contributed by atoms with Crippen molar-refractivity contribution in [1.29, 1.82) is 0 Å². The molecule has 0 atom stereocenters. The standard InChI is InChI=1S/C25H30N2.C2H6/c1-16(2)21-11-10-20-8-6-7-9-22(20)25(21)27-23(12-13-26-27)24-18(4)14-17(3)15-19(24)5;1-2/h10-16H,6-9H2,1-5H3;1-2H3. The smallest absolute Gasteiger partial charge is 0.0746 e. The van der Waals surface area contributed by atoms with Crippen LogP contribution in [0.15, 0.2) is 36.5 Å². The van der Waals surface area contributed by atoms with Gasteiger partial charge < -0.3 is 0 Å². The maximum absolute atomic E-state index is 4.84. The molecule has 0 unspecified atom stereocenters. The van der Waals surface area contributed by atoms with E-state index in [2.05, 4.69) is 69.6 Å². The van der Waals surface area contributed by atoms with Gasteiger partial charge in [0.1, 0.15) is 0 Å². The molecule has 0 N–H and O–H groups in total. The van der Waals surface area contributed by atoms with Crippen LogP contribution in [0.1, 0.15) is 79.8 Å². The first kappa shape index (κ1) is 21.4. The van der Waals surface area contributed by atoms with E-state index in [1.54, 1.807) is 0 Å². The molecule has 1 heterocycles. The largest absolute Gasteiger partial charge is 0.233 e. The Labute approximate surface area is 177 Å². The molecule has 2 heteroatoms. The molecule has 29 heavy (non-hydrogen) atoms. The quantitative estimate of drug-likeness (QED) is 0.454. The fourth-order valence-electron chi connectivity index (χ4n) is 4.80. The van der Waals surface area contributed by atoms with Crippen LogP contribution in [0.3, 0.4) is 0 Å². The van der Waals surface area contributed by atoms with Crippen molar-refractivity contribution in [2.75, 3.05) is 0 Å². The summed E-state index contributed by atoms with van der Waals surface area (Å²) in [5.41, 5.74) is 12.3. The normalized spacial score (nSPS) is 13.1.